The van der Waals surface area contributed by atoms with Crippen molar-refractivity contribution in [1.29, 1.82) is 0 Å². The van der Waals surface area contributed by atoms with Gasteiger partial charge in [-0.25, -0.2) is 19.6 Å². The Hall–Kier alpha value is -3.07. The summed E-state index contributed by atoms with van der Waals surface area (Å²) < 4.78 is 4.43. The second kappa shape index (κ2) is 7.97. The molecule has 0 saturated carbocycles. The first-order valence-corrected chi connectivity index (χ1v) is 7.12. The average Bonchev–Trinajstić information content (AvgIpc) is 2.97. The number of nitrogens with zero attached hydrogens (tertiary/aromatic N) is 2. The van der Waals surface area contributed by atoms with Crippen LogP contribution >= 0.6 is 12.6 Å². The highest BCUT2D eigenvalue weighted by molar-refractivity contribution is 7.80. The molecule has 0 unspecified atom stereocenters. The summed E-state index contributed by atoms with van der Waals surface area (Å²) in [4.78, 5) is 32.8. The maximum absolute atomic E-state index is 10.9. The molecule has 0 fully saturated rings. The number of carboxylic acids is 1. The van der Waals surface area contributed by atoms with Crippen LogP contribution in [-0.2, 0) is 4.74 Å². The lowest BCUT2D eigenvalue weighted by Crippen LogP contribution is -2.11. The lowest BCUT2D eigenvalue weighted by atomic mass is 10.2. The van der Waals surface area contributed by atoms with Gasteiger partial charge in [-0.15, -0.1) is 12.6 Å². The van der Waals surface area contributed by atoms with E-state index in [1.165, 1.54) is 7.11 Å². The molecular weight excluding hydrogens is 332 g/mol. The smallest absolute Gasteiger partial charge is 0.413 e. The van der Waals surface area contributed by atoms with Crippen LogP contribution in [0.1, 0.15) is 10.4 Å². The van der Waals surface area contributed by atoms with E-state index < -0.39 is 12.1 Å². The van der Waals surface area contributed by atoms with Crippen LogP contribution in [0.2, 0.25) is 0 Å². The van der Waals surface area contributed by atoms with Gasteiger partial charge >= 0.3 is 12.1 Å². The van der Waals surface area contributed by atoms with E-state index in [1.54, 1.807) is 42.6 Å². The van der Waals surface area contributed by atoms with Crippen molar-refractivity contribution in [3.63, 3.8) is 0 Å². The number of ether oxygens (including phenoxy) is 1. The number of hydrogen-bond acceptors (Lipinski definition) is 6. The molecule has 2 aromatic heterocycles. The van der Waals surface area contributed by atoms with Crippen LogP contribution < -0.4 is 5.32 Å². The molecule has 3 aromatic rings. The Kier molecular flexibility index (Phi) is 5.74. The first-order valence-electron chi connectivity index (χ1n) is 6.67. The first-order chi connectivity index (χ1) is 11.5. The monoisotopic (exact) mass is 346 g/mol. The minimum absolute atomic E-state index is 0.295. The number of H-pyrrole nitrogens is 1. The number of anilines is 1. The third-order valence-electron chi connectivity index (χ3n) is 2.75. The molecule has 1 amide bonds. The van der Waals surface area contributed by atoms with Crippen LogP contribution in [0.3, 0.4) is 0 Å². The highest BCUT2D eigenvalue weighted by Gasteiger charge is 2.07. The summed E-state index contributed by atoms with van der Waals surface area (Å²) in [6, 6.07) is 10.0. The summed E-state index contributed by atoms with van der Waals surface area (Å²) in [6.07, 6.45) is 1.01. The van der Waals surface area contributed by atoms with Crippen LogP contribution in [0.25, 0.3) is 11.2 Å². The molecule has 0 aliphatic carbocycles. The molecule has 1 aromatic carbocycles. The van der Waals surface area contributed by atoms with Crippen LogP contribution in [0.5, 0.6) is 0 Å². The number of aromatic amines is 1. The van der Waals surface area contributed by atoms with Crippen LogP contribution in [0.4, 0.5) is 10.7 Å². The standard InChI is InChI=1S/C8H8N4O2S.C7H6O2/c1-14-8(13)12-7-10-5-2-4(15)3-9-6(5)11-7;8-7(9)6-4-2-1-3-5-6/h2-3,15H,1H3,(H2,9,10,11,12,13);1-5H,(H,8,9). The van der Waals surface area contributed by atoms with Gasteiger partial charge in [0.25, 0.3) is 0 Å². The van der Waals surface area contributed by atoms with Crippen molar-refractivity contribution in [2.75, 3.05) is 12.4 Å². The SMILES string of the molecule is COC(=O)Nc1nc2cc(S)cnc2[nH]1.O=C(O)c1ccccc1. The fraction of sp³-hybridized carbons (Fsp3) is 0.0667. The van der Waals surface area contributed by atoms with Gasteiger partial charge in [0.1, 0.15) is 5.52 Å². The molecular formula is C15H14N4O4S. The number of aromatic nitrogens is 3. The zero-order valence-electron chi connectivity index (χ0n) is 12.6. The second-order valence-electron chi connectivity index (χ2n) is 4.43. The maximum Gasteiger partial charge on any atom is 0.413 e. The Morgan fingerprint density at radius 1 is 1.29 bits per heavy atom. The van der Waals surface area contributed by atoms with E-state index in [2.05, 4.69) is 37.6 Å². The van der Waals surface area contributed by atoms with E-state index in [0.29, 0.717) is 27.6 Å². The summed E-state index contributed by atoms with van der Waals surface area (Å²) in [5.41, 5.74) is 1.55. The van der Waals surface area contributed by atoms with Gasteiger partial charge in [-0.2, -0.15) is 0 Å². The number of rotatable bonds is 2. The van der Waals surface area contributed by atoms with Crippen molar-refractivity contribution in [3.8, 4) is 0 Å². The number of hydrogen-bond donors (Lipinski definition) is 4. The number of thiol groups is 1. The van der Waals surface area contributed by atoms with E-state index in [-0.39, 0.29) is 0 Å². The number of carbonyl (C=O) groups excluding carboxylic acids is 1. The van der Waals surface area contributed by atoms with E-state index >= 15 is 0 Å². The molecule has 0 aliphatic rings. The van der Waals surface area contributed by atoms with E-state index in [9.17, 15) is 9.59 Å². The van der Waals surface area contributed by atoms with Crippen LogP contribution in [0.15, 0.2) is 47.5 Å². The highest BCUT2D eigenvalue weighted by atomic mass is 32.1. The van der Waals surface area contributed by atoms with Gasteiger partial charge < -0.3 is 14.8 Å². The number of imidazole rings is 1. The van der Waals surface area contributed by atoms with Gasteiger partial charge in [-0.05, 0) is 18.2 Å². The Balaban J connectivity index is 0.000000198. The number of benzene rings is 1. The number of carbonyl (C=O) groups is 2. The van der Waals surface area contributed by atoms with E-state index in [0.717, 1.165) is 0 Å². The second-order valence-corrected chi connectivity index (χ2v) is 4.95. The van der Waals surface area contributed by atoms with Crippen molar-refractivity contribution in [3.05, 3.63) is 48.2 Å². The first kappa shape index (κ1) is 17.3. The van der Waals surface area contributed by atoms with Gasteiger partial charge in [0, 0.05) is 11.1 Å². The summed E-state index contributed by atoms with van der Waals surface area (Å²) in [7, 11) is 1.28. The molecule has 0 radical (unpaired) electrons. The summed E-state index contributed by atoms with van der Waals surface area (Å²) in [5, 5.41) is 10.8. The molecule has 3 rings (SSSR count). The Morgan fingerprint density at radius 3 is 2.58 bits per heavy atom. The molecule has 24 heavy (non-hydrogen) atoms. The Bertz CT molecular complexity index is 851. The molecule has 0 saturated heterocycles. The molecule has 8 nitrogen and oxygen atoms in total. The molecule has 9 heteroatoms. The van der Waals surface area contributed by atoms with E-state index in [4.69, 9.17) is 5.11 Å². The quantitative estimate of drug-likeness (QED) is 0.530. The third-order valence-corrected chi connectivity index (χ3v) is 2.99. The number of fused-ring (bicyclic) bond motifs is 1. The predicted molar refractivity (Wildman–Crippen MR) is 90.6 cm³/mol. The zero-order valence-corrected chi connectivity index (χ0v) is 13.4. The van der Waals surface area contributed by atoms with Gasteiger partial charge in [-0.1, -0.05) is 18.2 Å². The third kappa shape index (κ3) is 4.71. The molecule has 0 bridgehead atoms. The van der Waals surface area contributed by atoms with Crippen LogP contribution in [-0.4, -0.2) is 39.2 Å². The molecule has 2 heterocycles. The maximum atomic E-state index is 10.9. The fourth-order valence-electron chi connectivity index (χ4n) is 1.67. The highest BCUT2D eigenvalue weighted by Crippen LogP contribution is 2.15. The normalized spacial score (nSPS) is 9.75. The average molecular weight is 346 g/mol. The number of carboxylic acid groups (broad SMARTS) is 1. The number of amides is 1. The van der Waals surface area contributed by atoms with Crippen molar-refractivity contribution < 1.29 is 19.4 Å². The van der Waals surface area contributed by atoms with Crippen molar-refractivity contribution in [2.24, 2.45) is 0 Å². The summed E-state index contributed by atoms with van der Waals surface area (Å²) in [6.45, 7) is 0. The predicted octanol–water partition coefficient (Wildman–Crippen LogP) is 2.81. The fourth-order valence-corrected chi connectivity index (χ4v) is 1.85. The van der Waals surface area contributed by atoms with Gasteiger partial charge in [0.2, 0.25) is 5.95 Å². The molecule has 124 valence electrons. The number of methoxy groups -OCH3 is 1. The lowest BCUT2D eigenvalue weighted by Gasteiger charge is -1.96. The molecule has 0 atom stereocenters. The minimum atomic E-state index is -0.879. The van der Waals surface area contributed by atoms with Crippen LogP contribution in [0, 0.1) is 0 Å². The van der Waals surface area contributed by atoms with Gasteiger partial charge in [-0.3, -0.25) is 5.32 Å². The van der Waals surface area contributed by atoms with Crippen molar-refractivity contribution in [2.45, 2.75) is 4.90 Å². The Morgan fingerprint density at radius 2 is 2.00 bits per heavy atom. The van der Waals surface area contributed by atoms with Gasteiger partial charge in [0.05, 0.1) is 12.7 Å². The largest absolute Gasteiger partial charge is 0.478 e. The topological polar surface area (TPSA) is 117 Å². The molecule has 3 N–H and O–H groups in total. The summed E-state index contributed by atoms with van der Waals surface area (Å²) >= 11 is 4.13. The van der Waals surface area contributed by atoms with E-state index in [1.807, 2.05) is 0 Å². The number of nitrogens with one attached hydrogen (secondary N) is 2. The van der Waals surface area contributed by atoms with Gasteiger partial charge in [0.15, 0.2) is 5.65 Å². The van der Waals surface area contributed by atoms with Crippen molar-refractivity contribution in [1.82, 2.24) is 15.0 Å². The number of aromatic carboxylic acids is 1. The van der Waals surface area contributed by atoms with Crippen molar-refractivity contribution >= 4 is 41.8 Å². The molecule has 0 spiro atoms. The minimum Gasteiger partial charge on any atom is -0.478 e. The lowest BCUT2D eigenvalue weighted by molar-refractivity contribution is 0.0697. The Labute approximate surface area is 142 Å². The molecule has 0 aliphatic heterocycles. The zero-order chi connectivity index (χ0) is 17.5. The summed E-state index contributed by atoms with van der Waals surface area (Å²) in [5.74, 6) is -0.584. The number of pyridine rings is 1.